The Morgan fingerprint density at radius 1 is 0.852 bits per heavy atom. The molecule has 0 aromatic heterocycles. The van der Waals surface area contributed by atoms with Gasteiger partial charge in [0.1, 0.15) is 0 Å². The van der Waals surface area contributed by atoms with Gasteiger partial charge in [-0.2, -0.15) is 0 Å². The third-order valence-corrected chi connectivity index (χ3v) is 5.09. The van der Waals surface area contributed by atoms with Gasteiger partial charge in [-0.25, -0.2) is 0 Å². The number of benzene rings is 2. The summed E-state index contributed by atoms with van der Waals surface area (Å²) in [5.41, 5.74) is 1.55. The fraction of sp³-hybridized carbons (Fsp3) is 0.227. The molecule has 2 aromatic rings. The lowest BCUT2D eigenvalue weighted by Gasteiger charge is -2.22. The summed E-state index contributed by atoms with van der Waals surface area (Å²) in [6, 6.07) is 15.6. The molecule has 5 nitrogen and oxygen atoms in total. The molecular formula is C22H20N2O3. The molecule has 2 aromatic carbocycles. The molecule has 27 heavy (non-hydrogen) atoms. The minimum absolute atomic E-state index is 0.113. The van der Waals surface area contributed by atoms with E-state index in [1.54, 1.807) is 36.4 Å². The van der Waals surface area contributed by atoms with E-state index in [0.29, 0.717) is 23.1 Å². The zero-order valence-corrected chi connectivity index (χ0v) is 14.8. The standard InChI is InChI=1S/C22H20N2O3/c25-20(15-7-2-1-3-8-15)23-16-9-6-10-17(14-13-16)24-21(26)18-11-4-5-12-19(18)22(24)27/h1-5,7-8,11-14,16-17H,6,9-10H2,(H,23,25)/t16-,17+/m0/s1. The summed E-state index contributed by atoms with van der Waals surface area (Å²) >= 11 is 0. The summed E-state index contributed by atoms with van der Waals surface area (Å²) in [5.74, 6) is -0.599. The highest BCUT2D eigenvalue weighted by Gasteiger charge is 2.39. The molecule has 0 saturated carbocycles. The van der Waals surface area contributed by atoms with E-state index in [2.05, 4.69) is 5.32 Å². The first-order valence-corrected chi connectivity index (χ1v) is 9.16. The van der Waals surface area contributed by atoms with Gasteiger partial charge in [0.05, 0.1) is 17.2 Å². The number of hydrogen-bond acceptors (Lipinski definition) is 3. The Morgan fingerprint density at radius 2 is 1.48 bits per heavy atom. The van der Waals surface area contributed by atoms with Crippen LogP contribution < -0.4 is 5.32 Å². The Bertz CT molecular complexity index is 885. The smallest absolute Gasteiger partial charge is 0.262 e. The van der Waals surface area contributed by atoms with E-state index in [1.807, 2.05) is 30.4 Å². The summed E-state index contributed by atoms with van der Waals surface area (Å²) < 4.78 is 0. The topological polar surface area (TPSA) is 66.5 Å². The van der Waals surface area contributed by atoms with E-state index in [0.717, 1.165) is 12.8 Å². The maximum Gasteiger partial charge on any atom is 0.262 e. The molecule has 1 N–H and O–H groups in total. The quantitative estimate of drug-likeness (QED) is 0.675. The van der Waals surface area contributed by atoms with Crippen molar-refractivity contribution in [2.24, 2.45) is 0 Å². The molecule has 1 heterocycles. The van der Waals surface area contributed by atoms with Crippen LogP contribution in [0.15, 0.2) is 66.7 Å². The van der Waals surface area contributed by atoms with Gasteiger partial charge in [0.2, 0.25) is 0 Å². The SMILES string of the molecule is O=C(N[C@@H]1C=C[C@H](N2C(=O)c3ccccc3C2=O)CCC1)c1ccccc1. The highest BCUT2D eigenvalue weighted by atomic mass is 16.2. The molecule has 0 unspecified atom stereocenters. The van der Waals surface area contributed by atoms with Gasteiger partial charge in [-0.05, 0) is 43.5 Å². The second-order valence-electron chi connectivity index (χ2n) is 6.86. The van der Waals surface area contributed by atoms with Crippen LogP contribution in [0.1, 0.15) is 50.3 Å². The molecule has 1 aliphatic heterocycles. The predicted octanol–water partition coefficient (Wildman–Crippen LogP) is 3.19. The number of amides is 3. The molecule has 0 fully saturated rings. The van der Waals surface area contributed by atoms with Crippen LogP contribution in [0.2, 0.25) is 0 Å². The number of rotatable bonds is 3. The van der Waals surface area contributed by atoms with Gasteiger partial charge in [-0.1, -0.05) is 42.5 Å². The van der Waals surface area contributed by atoms with Crippen LogP contribution >= 0.6 is 0 Å². The Hall–Kier alpha value is -3.21. The number of hydrogen-bond donors (Lipinski definition) is 1. The predicted molar refractivity (Wildman–Crippen MR) is 101 cm³/mol. The molecule has 0 bridgehead atoms. The van der Waals surface area contributed by atoms with Crippen LogP contribution in [0.5, 0.6) is 0 Å². The monoisotopic (exact) mass is 360 g/mol. The number of fused-ring (bicyclic) bond motifs is 1. The number of nitrogens with one attached hydrogen (secondary N) is 1. The van der Waals surface area contributed by atoms with Gasteiger partial charge >= 0.3 is 0 Å². The second-order valence-corrected chi connectivity index (χ2v) is 6.86. The van der Waals surface area contributed by atoms with Gasteiger partial charge in [-0.3, -0.25) is 19.3 Å². The van der Waals surface area contributed by atoms with Gasteiger partial charge < -0.3 is 5.32 Å². The molecule has 2 atom stereocenters. The van der Waals surface area contributed by atoms with Crippen molar-refractivity contribution < 1.29 is 14.4 Å². The fourth-order valence-electron chi connectivity index (χ4n) is 3.69. The van der Waals surface area contributed by atoms with E-state index in [-0.39, 0.29) is 29.8 Å². The van der Waals surface area contributed by atoms with Crippen LogP contribution in [0.3, 0.4) is 0 Å². The second kappa shape index (κ2) is 7.19. The van der Waals surface area contributed by atoms with E-state index >= 15 is 0 Å². The summed E-state index contributed by atoms with van der Waals surface area (Å²) in [7, 11) is 0. The van der Waals surface area contributed by atoms with Crippen molar-refractivity contribution >= 4 is 17.7 Å². The van der Waals surface area contributed by atoms with Gasteiger partial charge in [0.15, 0.2) is 0 Å². The molecular weight excluding hydrogens is 340 g/mol. The number of carbonyl (C=O) groups excluding carboxylic acids is 3. The number of nitrogens with zero attached hydrogens (tertiary/aromatic N) is 1. The van der Waals surface area contributed by atoms with Crippen LogP contribution in [0.25, 0.3) is 0 Å². The largest absolute Gasteiger partial charge is 0.346 e. The van der Waals surface area contributed by atoms with Crippen LogP contribution in [0.4, 0.5) is 0 Å². The molecule has 2 aliphatic rings. The summed E-state index contributed by atoms with van der Waals surface area (Å²) in [4.78, 5) is 39.0. The molecule has 1 aliphatic carbocycles. The molecule has 5 heteroatoms. The third kappa shape index (κ3) is 3.28. The van der Waals surface area contributed by atoms with Gasteiger partial charge in [0.25, 0.3) is 17.7 Å². The first-order chi connectivity index (χ1) is 13.1. The Balaban J connectivity index is 1.48. The van der Waals surface area contributed by atoms with Crippen molar-refractivity contribution in [3.63, 3.8) is 0 Å². The summed E-state index contributed by atoms with van der Waals surface area (Å²) in [5, 5.41) is 3.01. The normalized spacial score (nSPS) is 21.7. The van der Waals surface area contributed by atoms with Crippen molar-refractivity contribution in [1.29, 1.82) is 0 Å². The molecule has 0 saturated heterocycles. The minimum Gasteiger partial charge on any atom is -0.346 e. The van der Waals surface area contributed by atoms with Crippen molar-refractivity contribution in [3.8, 4) is 0 Å². The van der Waals surface area contributed by atoms with Crippen LogP contribution in [-0.4, -0.2) is 34.7 Å². The lowest BCUT2D eigenvalue weighted by Crippen LogP contribution is -2.38. The lowest BCUT2D eigenvalue weighted by atomic mass is 10.1. The van der Waals surface area contributed by atoms with Gasteiger partial charge in [0, 0.05) is 11.6 Å². The average molecular weight is 360 g/mol. The van der Waals surface area contributed by atoms with Crippen molar-refractivity contribution in [3.05, 3.63) is 83.4 Å². The molecule has 0 radical (unpaired) electrons. The molecule has 3 amide bonds. The fourth-order valence-corrected chi connectivity index (χ4v) is 3.69. The Labute approximate surface area is 157 Å². The van der Waals surface area contributed by atoms with E-state index in [1.165, 1.54) is 4.90 Å². The van der Waals surface area contributed by atoms with Crippen molar-refractivity contribution in [1.82, 2.24) is 10.2 Å². The highest BCUT2D eigenvalue weighted by Crippen LogP contribution is 2.28. The Kier molecular flexibility index (Phi) is 4.59. The number of imide groups is 1. The Morgan fingerprint density at radius 3 is 2.15 bits per heavy atom. The lowest BCUT2D eigenvalue weighted by molar-refractivity contribution is 0.0608. The molecule has 136 valence electrons. The van der Waals surface area contributed by atoms with Crippen molar-refractivity contribution in [2.45, 2.75) is 31.3 Å². The van der Waals surface area contributed by atoms with Crippen molar-refractivity contribution in [2.75, 3.05) is 0 Å². The number of carbonyl (C=O) groups is 3. The summed E-state index contributed by atoms with van der Waals surface area (Å²) in [6.45, 7) is 0. The molecule has 4 rings (SSSR count). The first kappa shape index (κ1) is 17.2. The van der Waals surface area contributed by atoms with Crippen LogP contribution in [0, 0.1) is 0 Å². The zero-order valence-electron chi connectivity index (χ0n) is 14.8. The first-order valence-electron chi connectivity index (χ1n) is 9.16. The summed E-state index contributed by atoms with van der Waals surface area (Å²) in [6.07, 6.45) is 6.06. The third-order valence-electron chi connectivity index (χ3n) is 5.09. The average Bonchev–Trinajstić information content (AvgIpc) is 2.84. The minimum atomic E-state index is -0.281. The molecule has 0 spiro atoms. The maximum absolute atomic E-state index is 12.7. The van der Waals surface area contributed by atoms with E-state index < -0.39 is 0 Å². The maximum atomic E-state index is 12.7. The zero-order chi connectivity index (χ0) is 18.8. The van der Waals surface area contributed by atoms with Gasteiger partial charge in [-0.15, -0.1) is 0 Å². The van der Waals surface area contributed by atoms with E-state index in [4.69, 9.17) is 0 Å². The van der Waals surface area contributed by atoms with E-state index in [9.17, 15) is 14.4 Å². The highest BCUT2D eigenvalue weighted by molar-refractivity contribution is 6.21. The van der Waals surface area contributed by atoms with Crippen LogP contribution in [-0.2, 0) is 0 Å².